The number of nitrogens with zero attached hydrogens (tertiary/aromatic N) is 4. The fourth-order valence-corrected chi connectivity index (χ4v) is 5.56. The van der Waals surface area contributed by atoms with E-state index in [1.54, 1.807) is 24.2 Å². The van der Waals surface area contributed by atoms with E-state index in [0.717, 1.165) is 49.1 Å². The van der Waals surface area contributed by atoms with Crippen molar-refractivity contribution in [1.29, 1.82) is 0 Å². The van der Waals surface area contributed by atoms with Crippen LogP contribution in [0.3, 0.4) is 0 Å². The molecule has 2 aromatic carbocycles. The lowest BCUT2D eigenvalue weighted by Crippen LogP contribution is -2.50. The lowest BCUT2D eigenvalue weighted by Gasteiger charge is -2.34. The molecular weight excluding hydrogens is 513 g/mol. The Morgan fingerprint density at radius 2 is 1.74 bits per heavy atom. The number of hydrogen-bond acceptors (Lipinski definition) is 6. The van der Waals surface area contributed by atoms with Crippen LogP contribution < -0.4 is 10.2 Å². The first-order valence-corrected chi connectivity index (χ1v) is 11.9. The molecule has 34 heavy (non-hydrogen) atoms. The number of nitrogens with one attached hydrogen (secondary N) is 1. The maximum Gasteiger partial charge on any atom is 0.234 e. The van der Waals surface area contributed by atoms with Crippen LogP contribution in [0.1, 0.15) is 17.2 Å². The number of halogens is 3. The third kappa shape index (κ3) is 6.15. The number of fused-ring (bicyclic) bond motifs is 2. The molecule has 2 aliphatic rings. The molecular formula is C24H26Cl3N5OS. The molecule has 10 heteroatoms. The molecule has 6 nitrogen and oxygen atoms in total. The molecule has 1 unspecified atom stereocenters. The van der Waals surface area contributed by atoms with E-state index in [1.165, 1.54) is 15.4 Å². The maximum absolute atomic E-state index is 13.0. The summed E-state index contributed by atoms with van der Waals surface area (Å²) in [5.74, 6) is 0.797. The molecule has 1 amide bonds. The van der Waals surface area contributed by atoms with E-state index in [1.807, 2.05) is 30.3 Å². The average Bonchev–Trinajstić information content (AvgIpc) is 2.96. The first kappa shape index (κ1) is 26.6. The molecule has 1 aromatic heterocycles. The molecule has 1 saturated heterocycles. The van der Waals surface area contributed by atoms with Gasteiger partial charge in [0.05, 0.1) is 12.6 Å². The maximum atomic E-state index is 13.0. The Hall–Kier alpha value is -2.03. The molecule has 5 rings (SSSR count). The van der Waals surface area contributed by atoms with Crippen molar-refractivity contribution in [3.8, 4) is 0 Å². The second-order valence-corrected chi connectivity index (χ2v) is 9.55. The van der Waals surface area contributed by atoms with Crippen molar-refractivity contribution >= 4 is 60.0 Å². The Kier molecular flexibility index (Phi) is 9.45. The highest BCUT2D eigenvalue weighted by Gasteiger charge is 2.26. The van der Waals surface area contributed by atoms with Crippen molar-refractivity contribution in [2.45, 2.75) is 22.3 Å². The number of rotatable bonds is 4. The van der Waals surface area contributed by atoms with Crippen LogP contribution in [0.2, 0.25) is 5.02 Å². The van der Waals surface area contributed by atoms with Crippen LogP contribution in [0.15, 0.2) is 70.7 Å². The highest BCUT2D eigenvalue weighted by atomic mass is 35.5. The standard InChI is InChI=1S/C24H24ClN5OS.2ClH/c25-18-6-7-21-17(14-18)15-20(19-4-1-2-5-22(19)32-21)28-23(31)16-29-10-12-30(13-11-29)24-26-8-3-9-27-24;;/h1-9,14,20H,10-13,15-16H2,(H,28,31);2*1H. The zero-order valence-electron chi connectivity index (χ0n) is 18.4. The molecule has 0 radical (unpaired) electrons. The number of carbonyl (C=O) groups is 1. The lowest BCUT2D eigenvalue weighted by molar-refractivity contribution is -0.123. The van der Waals surface area contributed by atoms with Crippen LogP contribution in [-0.2, 0) is 11.2 Å². The number of benzene rings is 2. The second-order valence-electron chi connectivity index (χ2n) is 8.03. The van der Waals surface area contributed by atoms with Gasteiger partial charge in [0.2, 0.25) is 11.9 Å². The second kappa shape index (κ2) is 12.1. The van der Waals surface area contributed by atoms with Gasteiger partial charge < -0.3 is 10.2 Å². The van der Waals surface area contributed by atoms with Crippen molar-refractivity contribution in [3.63, 3.8) is 0 Å². The van der Waals surface area contributed by atoms with Crippen molar-refractivity contribution < 1.29 is 4.79 Å². The largest absolute Gasteiger partial charge is 0.348 e. The first-order chi connectivity index (χ1) is 15.7. The van der Waals surface area contributed by atoms with Gasteiger partial charge >= 0.3 is 0 Å². The number of aromatic nitrogens is 2. The molecule has 0 spiro atoms. The lowest BCUT2D eigenvalue weighted by atomic mass is 9.99. The number of amides is 1. The van der Waals surface area contributed by atoms with Crippen molar-refractivity contribution in [2.24, 2.45) is 0 Å². The number of hydrogen-bond donors (Lipinski definition) is 1. The van der Waals surface area contributed by atoms with Crippen LogP contribution in [0, 0.1) is 0 Å². The predicted octanol–water partition coefficient (Wildman–Crippen LogP) is 4.66. The van der Waals surface area contributed by atoms with Gasteiger partial charge in [0, 0.05) is 53.4 Å². The highest BCUT2D eigenvalue weighted by Crippen LogP contribution is 2.41. The Balaban J connectivity index is 0.00000162. The Bertz CT molecular complexity index is 1110. The minimum Gasteiger partial charge on any atom is -0.348 e. The molecule has 3 aromatic rings. The molecule has 0 saturated carbocycles. The molecule has 180 valence electrons. The van der Waals surface area contributed by atoms with Gasteiger partial charge in [0.1, 0.15) is 0 Å². The Morgan fingerprint density at radius 3 is 2.50 bits per heavy atom. The summed E-state index contributed by atoms with van der Waals surface area (Å²) in [6.45, 7) is 3.62. The molecule has 2 aliphatic heterocycles. The van der Waals surface area contributed by atoms with Crippen LogP contribution >= 0.6 is 48.2 Å². The minimum absolute atomic E-state index is 0. The van der Waals surface area contributed by atoms with E-state index >= 15 is 0 Å². The van der Waals surface area contributed by atoms with E-state index in [2.05, 4.69) is 43.3 Å². The van der Waals surface area contributed by atoms with Crippen LogP contribution in [0.5, 0.6) is 0 Å². The topological polar surface area (TPSA) is 61.4 Å². The Labute approximate surface area is 221 Å². The number of piperazine rings is 1. The third-order valence-corrected chi connectivity index (χ3v) is 7.32. The summed E-state index contributed by atoms with van der Waals surface area (Å²) in [5, 5.41) is 4.01. The van der Waals surface area contributed by atoms with Crippen LogP contribution in [-0.4, -0.2) is 53.5 Å². The van der Waals surface area contributed by atoms with Gasteiger partial charge in [-0.3, -0.25) is 9.69 Å². The van der Waals surface area contributed by atoms with E-state index in [9.17, 15) is 4.79 Å². The predicted molar refractivity (Wildman–Crippen MR) is 142 cm³/mol. The SMILES string of the molecule is Cl.Cl.O=C(CN1CCN(c2ncccn2)CC1)NC1Cc2cc(Cl)ccc2Sc2ccccc21. The first-order valence-electron chi connectivity index (χ1n) is 10.7. The summed E-state index contributed by atoms with van der Waals surface area (Å²) in [5.41, 5.74) is 2.32. The monoisotopic (exact) mass is 537 g/mol. The summed E-state index contributed by atoms with van der Waals surface area (Å²) in [7, 11) is 0. The van der Waals surface area contributed by atoms with Crippen molar-refractivity contribution in [3.05, 3.63) is 77.1 Å². The van der Waals surface area contributed by atoms with Gasteiger partial charge in [0.15, 0.2) is 0 Å². The van der Waals surface area contributed by atoms with Crippen LogP contribution in [0.25, 0.3) is 0 Å². The summed E-state index contributed by atoms with van der Waals surface area (Å²) in [4.78, 5) is 28.4. The van der Waals surface area contributed by atoms with Gasteiger partial charge in [-0.2, -0.15) is 0 Å². The average molecular weight is 539 g/mol. The molecule has 1 atom stereocenters. The van der Waals surface area contributed by atoms with Crippen molar-refractivity contribution in [1.82, 2.24) is 20.2 Å². The zero-order chi connectivity index (χ0) is 21.9. The fraction of sp³-hybridized carbons (Fsp3) is 0.292. The highest BCUT2D eigenvalue weighted by molar-refractivity contribution is 7.99. The molecule has 0 aliphatic carbocycles. The van der Waals surface area contributed by atoms with Gasteiger partial charge in [-0.15, -0.1) is 24.8 Å². The van der Waals surface area contributed by atoms with Crippen LogP contribution in [0.4, 0.5) is 5.95 Å². The molecule has 3 heterocycles. The van der Waals surface area contributed by atoms with Gasteiger partial charge in [-0.25, -0.2) is 9.97 Å². The third-order valence-electron chi connectivity index (χ3n) is 5.87. The molecule has 1 N–H and O–H groups in total. The minimum atomic E-state index is -0.0788. The summed E-state index contributed by atoms with van der Waals surface area (Å²) in [6.07, 6.45) is 4.25. The summed E-state index contributed by atoms with van der Waals surface area (Å²) < 4.78 is 0. The number of anilines is 1. The Morgan fingerprint density at radius 1 is 1.00 bits per heavy atom. The van der Waals surface area contributed by atoms with E-state index in [4.69, 9.17) is 11.6 Å². The van der Waals surface area contributed by atoms with E-state index in [-0.39, 0.29) is 36.8 Å². The summed E-state index contributed by atoms with van der Waals surface area (Å²) >= 11 is 8.00. The van der Waals surface area contributed by atoms with Gasteiger partial charge in [0.25, 0.3) is 0 Å². The quantitative estimate of drug-likeness (QED) is 0.521. The van der Waals surface area contributed by atoms with E-state index in [0.29, 0.717) is 6.54 Å². The number of carbonyl (C=O) groups excluding carboxylic acids is 1. The fourth-order valence-electron chi connectivity index (χ4n) is 4.25. The normalized spacial score (nSPS) is 17.3. The van der Waals surface area contributed by atoms with Gasteiger partial charge in [-0.1, -0.05) is 41.6 Å². The van der Waals surface area contributed by atoms with Crippen molar-refractivity contribution in [2.75, 3.05) is 37.6 Å². The van der Waals surface area contributed by atoms with Gasteiger partial charge in [-0.05, 0) is 47.9 Å². The summed E-state index contributed by atoms with van der Waals surface area (Å²) in [6, 6.07) is 16.1. The van der Waals surface area contributed by atoms with E-state index < -0.39 is 0 Å². The smallest absolute Gasteiger partial charge is 0.234 e. The zero-order valence-corrected chi connectivity index (χ0v) is 21.6. The molecule has 0 bridgehead atoms. The molecule has 1 fully saturated rings.